The summed E-state index contributed by atoms with van der Waals surface area (Å²) in [6.45, 7) is 1.85. The van der Waals surface area contributed by atoms with Gasteiger partial charge in [-0.3, -0.25) is 0 Å². The molecule has 1 aromatic heterocycles. The van der Waals surface area contributed by atoms with Crippen molar-refractivity contribution in [3.8, 4) is 0 Å². The fourth-order valence-electron chi connectivity index (χ4n) is 3.36. The number of hydrogen-bond donors (Lipinski definition) is 1. The predicted octanol–water partition coefficient (Wildman–Crippen LogP) is 3.29. The molecule has 2 aromatic carbocycles. The molecule has 0 amide bonds. The van der Waals surface area contributed by atoms with E-state index in [9.17, 15) is 8.42 Å². The largest absolute Gasteiger partial charge is 0.241 e. The van der Waals surface area contributed by atoms with Crippen LogP contribution in [0.5, 0.6) is 0 Å². The van der Waals surface area contributed by atoms with E-state index in [-0.39, 0.29) is 10.9 Å². The molecule has 0 saturated heterocycles. The second-order valence-corrected chi connectivity index (χ2v) is 8.11. The van der Waals surface area contributed by atoms with Crippen molar-refractivity contribution in [2.45, 2.75) is 37.1 Å². The molecule has 4 rings (SSSR count). The van der Waals surface area contributed by atoms with Crippen molar-refractivity contribution in [2.75, 3.05) is 0 Å². The Morgan fingerprint density at radius 3 is 2.76 bits per heavy atom. The maximum atomic E-state index is 12.9. The minimum Gasteiger partial charge on any atom is -0.241 e. The Morgan fingerprint density at radius 1 is 1.12 bits per heavy atom. The van der Waals surface area contributed by atoms with Crippen LogP contribution in [0.2, 0.25) is 0 Å². The average molecular weight is 353 g/mol. The molecule has 1 atom stereocenters. The number of nitrogens with zero attached hydrogens (tertiary/aromatic N) is 2. The number of hydrogen-bond acceptors (Lipinski definition) is 4. The second-order valence-electron chi connectivity index (χ2n) is 6.39. The molecule has 0 fully saturated rings. The van der Waals surface area contributed by atoms with Crippen LogP contribution in [0, 0.1) is 6.92 Å². The van der Waals surface area contributed by atoms with Crippen molar-refractivity contribution in [1.29, 1.82) is 0 Å². The molecule has 0 aliphatic heterocycles. The Labute approximate surface area is 147 Å². The minimum atomic E-state index is -3.61. The number of aryl methyl sites for hydroxylation is 2. The fourth-order valence-corrected chi connectivity index (χ4v) is 4.64. The zero-order valence-corrected chi connectivity index (χ0v) is 14.8. The Balaban J connectivity index is 1.67. The number of sulfonamides is 1. The van der Waals surface area contributed by atoms with Crippen molar-refractivity contribution in [3.63, 3.8) is 0 Å². The lowest BCUT2D eigenvalue weighted by atomic mass is 9.93. The van der Waals surface area contributed by atoms with Gasteiger partial charge in [-0.05, 0) is 49.1 Å². The van der Waals surface area contributed by atoms with Gasteiger partial charge in [0.15, 0.2) is 0 Å². The SMILES string of the molecule is Cc1ncc2c(n1)CCC[C@H]2NS(=O)(=O)c1ccc2ccccc2c1. The molecule has 25 heavy (non-hydrogen) atoms. The lowest BCUT2D eigenvalue weighted by Crippen LogP contribution is -2.31. The summed E-state index contributed by atoms with van der Waals surface area (Å²) in [7, 11) is -3.61. The van der Waals surface area contributed by atoms with E-state index in [1.165, 1.54) is 0 Å². The first-order valence-corrected chi connectivity index (χ1v) is 9.85. The third-order valence-corrected chi connectivity index (χ3v) is 6.10. The van der Waals surface area contributed by atoms with Crippen LogP contribution in [-0.2, 0) is 16.4 Å². The number of fused-ring (bicyclic) bond motifs is 2. The molecular formula is C19H19N3O2S. The highest BCUT2D eigenvalue weighted by Gasteiger charge is 2.27. The lowest BCUT2D eigenvalue weighted by Gasteiger charge is -2.25. The van der Waals surface area contributed by atoms with E-state index >= 15 is 0 Å². The maximum absolute atomic E-state index is 12.9. The van der Waals surface area contributed by atoms with Gasteiger partial charge in [-0.25, -0.2) is 23.1 Å². The molecular weight excluding hydrogens is 334 g/mol. The van der Waals surface area contributed by atoms with Crippen LogP contribution in [0.1, 0.15) is 36.0 Å². The Kier molecular flexibility index (Phi) is 4.01. The van der Waals surface area contributed by atoms with Crippen LogP contribution in [0.15, 0.2) is 53.6 Å². The minimum absolute atomic E-state index is 0.277. The highest BCUT2D eigenvalue weighted by atomic mass is 32.2. The number of rotatable bonds is 3. The van der Waals surface area contributed by atoms with Crippen LogP contribution in [0.3, 0.4) is 0 Å². The molecule has 1 N–H and O–H groups in total. The van der Waals surface area contributed by atoms with E-state index in [0.29, 0.717) is 0 Å². The number of benzene rings is 2. The first-order valence-electron chi connectivity index (χ1n) is 8.36. The molecule has 6 heteroatoms. The van der Waals surface area contributed by atoms with Crippen molar-refractivity contribution in [2.24, 2.45) is 0 Å². The van der Waals surface area contributed by atoms with E-state index in [1.54, 1.807) is 18.3 Å². The van der Waals surface area contributed by atoms with Crippen molar-refractivity contribution in [3.05, 3.63) is 65.7 Å². The van der Waals surface area contributed by atoms with E-state index in [2.05, 4.69) is 14.7 Å². The van der Waals surface area contributed by atoms with E-state index in [0.717, 1.165) is 47.1 Å². The summed E-state index contributed by atoms with van der Waals surface area (Å²) in [5.74, 6) is 0.719. The zero-order valence-electron chi connectivity index (χ0n) is 13.9. The molecule has 1 heterocycles. The Hall–Kier alpha value is -2.31. The smallest absolute Gasteiger partial charge is 0.241 e. The van der Waals surface area contributed by atoms with Gasteiger partial charge in [-0.15, -0.1) is 0 Å². The predicted molar refractivity (Wildman–Crippen MR) is 96.7 cm³/mol. The van der Waals surface area contributed by atoms with Gasteiger partial charge in [0.1, 0.15) is 5.82 Å². The maximum Gasteiger partial charge on any atom is 0.241 e. The number of nitrogens with one attached hydrogen (secondary N) is 1. The number of aromatic nitrogens is 2. The average Bonchev–Trinajstić information content (AvgIpc) is 2.61. The van der Waals surface area contributed by atoms with E-state index in [1.807, 2.05) is 37.3 Å². The van der Waals surface area contributed by atoms with Gasteiger partial charge in [0.2, 0.25) is 10.0 Å². The van der Waals surface area contributed by atoms with Crippen LogP contribution in [0.4, 0.5) is 0 Å². The quantitative estimate of drug-likeness (QED) is 0.784. The van der Waals surface area contributed by atoms with Crippen molar-refractivity contribution < 1.29 is 8.42 Å². The molecule has 128 valence electrons. The summed E-state index contributed by atoms with van der Waals surface area (Å²) in [6, 6.07) is 12.7. The van der Waals surface area contributed by atoms with Gasteiger partial charge < -0.3 is 0 Å². The van der Waals surface area contributed by atoms with Crippen LogP contribution in [-0.4, -0.2) is 18.4 Å². The monoisotopic (exact) mass is 353 g/mol. The molecule has 1 aliphatic carbocycles. The zero-order chi connectivity index (χ0) is 17.4. The third kappa shape index (κ3) is 3.15. The second kappa shape index (κ2) is 6.20. The van der Waals surface area contributed by atoms with E-state index in [4.69, 9.17) is 0 Å². The van der Waals surface area contributed by atoms with E-state index < -0.39 is 10.0 Å². The first kappa shape index (κ1) is 16.2. The summed E-state index contributed by atoms with van der Waals surface area (Å²) >= 11 is 0. The van der Waals surface area contributed by atoms with Gasteiger partial charge in [0, 0.05) is 17.5 Å². The van der Waals surface area contributed by atoms with Crippen molar-refractivity contribution in [1.82, 2.24) is 14.7 Å². The Bertz CT molecular complexity index is 1050. The molecule has 0 bridgehead atoms. The third-order valence-electron chi connectivity index (χ3n) is 4.63. The summed E-state index contributed by atoms with van der Waals surface area (Å²) in [5.41, 5.74) is 1.84. The van der Waals surface area contributed by atoms with Gasteiger partial charge in [-0.1, -0.05) is 30.3 Å². The van der Waals surface area contributed by atoms with Gasteiger partial charge in [0.05, 0.1) is 10.9 Å². The highest BCUT2D eigenvalue weighted by molar-refractivity contribution is 7.89. The molecule has 1 aliphatic rings. The molecule has 0 saturated carbocycles. The summed E-state index contributed by atoms with van der Waals surface area (Å²) in [6.07, 6.45) is 4.29. The standard InChI is InChI=1S/C19H19N3O2S/c1-13-20-12-17-18(21-13)7-4-8-19(17)22-25(23,24)16-10-9-14-5-2-3-6-15(14)11-16/h2-3,5-6,9-12,19,22H,4,7-8H2,1H3/t19-/m1/s1. The van der Waals surface area contributed by atoms with Gasteiger partial charge in [-0.2, -0.15) is 0 Å². The molecule has 3 aromatic rings. The van der Waals surface area contributed by atoms with Gasteiger partial charge >= 0.3 is 0 Å². The molecule has 5 nitrogen and oxygen atoms in total. The molecule has 0 unspecified atom stereocenters. The van der Waals surface area contributed by atoms with Crippen LogP contribution < -0.4 is 4.72 Å². The summed E-state index contributed by atoms with van der Waals surface area (Å²) < 4.78 is 28.6. The summed E-state index contributed by atoms with van der Waals surface area (Å²) in [5, 5.41) is 1.93. The van der Waals surface area contributed by atoms with Crippen LogP contribution >= 0.6 is 0 Å². The van der Waals surface area contributed by atoms with Crippen LogP contribution in [0.25, 0.3) is 10.8 Å². The fraction of sp³-hybridized carbons (Fsp3) is 0.263. The van der Waals surface area contributed by atoms with Gasteiger partial charge in [0.25, 0.3) is 0 Å². The first-order chi connectivity index (χ1) is 12.0. The summed E-state index contributed by atoms with van der Waals surface area (Å²) in [4.78, 5) is 8.99. The Morgan fingerprint density at radius 2 is 1.92 bits per heavy atom. The normalized spacial score (nSPS) is 17.4. The highest BCUT2D eigenvalue weighted by Crippen LogP contribution is 2.30. The molecule has 0 radical (unpaired) electrons. The topological polar surface area (TPSA) is 72.0 Å². The van der Waals surface area contributed by atoms with Crippen molar-refractivity contribution >= 4 is 20.8 Å². The molecule has 0 spiro atoms. The lowest BCUT2D eigenvalue weighted by molar-refractivity contribution is 0.499.